The third kappa shape index (κ3) is 2.59. The van der Waals surface area contributed by atoms with Crippen LogP contribution in [-0.4, -0.2) is 30.7 Å². The van der Waals surface area contributed by atoms with Crippen molar-refractivity contribution < 1.29 is 9.53 Å². The zero-order valence-corrected chi connectivity index (χ0v) is 7.69. The maximum Gasteiger partial charge on any atom is 0.414 e. The van der Waals surface area contributed by atoms with Crippen LogP contribution in [0, 0.1) is 0 Å². The zero-order valence-electron chi connectivity index (χ0n) is 7.69. The average Bonchev–Trinajstić information content (AvgIpc) is 2.18. The molecule has 4 heteroatoms. The van der Waals surface area contributed by atoms with Gasteiger partial charge in [-0.05, 0) is 18.6 Å². The molecule has 72 valence electrons. The maximum atomic E-state index is 11.2. The zero-order chi connectivity index (χ0) is 9.68. The van der Waals surface area contributed by atoms with Crippen molar-refractivity contribution in [3.63, 3.8) is 0 Å². The summed E-state index contributed by atoms with van der Waals surface area (Å²) in [5.74, 6) is 0. The normalized spacial score (nSPS) is 15.5. The van der Waals surface area contributed by atoms with E-state index in [1.807, 2.05) is 12.2 Å². The Morgan fingerprint density at radius 3 is 3.00 bits per heavy atom. The molecule has 0 saturated carbocycles. The summed E-state index contributed by atoms with van der Waals surface area (Å²) in [4.78, 5) is 12.7. The third-order valence-electron chi connectivity index (χ3n) is 1.76. The van der Waals surface area contributed by atoms with Crippen LogP contribution in [0.1, 0.15) is 6.92 Å². The molecule has 4 nitrogen and oxygen atoms in total. The fraction of sp³-hybridized carbons (Fsp3) is 0.444. The van der Waals surface area contributed by atoms with Crippen LogP contribution in [0.2, 0.25) is 0 Å². The van der Waals surface area contributed by atoms with E-state index < -0.39 is 0 Å². The molecule has 1 aliphatic rings. The van der Waals surface area contributed by atoms with E-state index >= 15 is 0 Å². The van der Waals surface area contributed by atoms with Gasteiger partial charge in [0, 0.05) is 19.3 Å². The quantitative estimate of drug-likeness (QED) is 0.689. The minimum atomic E-state index is -0.314. The number of carbonyl (C=O) groups is 1. The summed E-state index contributed by atoms with van der Waals surface area (Å²) in [7, 11) is 0. The number of nitrogens with two attached hydrogens (primary N) is 1. The van der Waals surface area contributed by atoms with Gasteiger partial charge in [0.25, 0.3) is 0 Å². The van der Waals surface area contributed by atoms with Crippen molar-refractivity contribution >= 4 is 6.09 Å². The predicted molar refractivity (Wildman–Crippen MR) is 50.0 cm³/mol. The molecular weight excluding hydrogens is 168 g/mol. The summed E-state index contributed by atoms with van der Waals surface area (Å²) in [6, 6.07) is 0. The highest BCUT2D eigenvalue weighted by molar-refractivity contribution is 5.69. The Hall–Kier alpha value is -1.29. The number of amides is 1. The van der Waals surface area contributed by atoms with E-state index in [-0.39, 0.29) is 6.09 Å². The fourth-order valence-corrected chi connectivity index (χ4v) is 1.02. The lowest BCUT2D eigenvalue weighted by Crippen LogP contribution is -2.28. The molecule has 13 heavy (non-hydrogen) atoms. The molecular formula is C9H14N2O2. The summed E-state index contributed by atoms with van der Waals surface area (Å²) < 4.78 is 4.83. The summed E-state index contributed by atoms with van der Waals surface area (Å²) in [6.45, 7) is 3.23. The highest BCUT2D eigenvalue weighted by Crippen LogP contribution is 2.06. The molecule has 0 atom stereocenters. The molecule has 0 radical (unpaired) electrons. The van der Waals surface area contributed by atoms with Crippen LogP contribution in [0.5, 0.6) is 0 Å². The highest BCUT2D eigenvalue weighted by Gasteiger charge is 2.12. The van der Waals surface area contributed by atoms with Gasteiger partial charge >= 0.3 is 6.09 Å². The first-order valence-corrected chi connectivity index (χ1v) is 4.28. The SMILES string of the molecule is CCOC(=O)N1C=CC(CN)=CC1. The molecule has 0 saturated heterocycles. The molecule has 0 aliphatic carbocycles. The van der Waals surface area contributed by atoms with Gasteiger partial charge in [-0.1, -0.05) is 6.08 Å². The van der Waals surface area contributed by atoms with Crippen LogP contribution in [0.25, 0.3) is 0 Å². The molecule has 0 aromatic carbocycles. The third-order valence-corrected chi connectivity index (χ3v) is 1.76. The molecule has 0 spiro atoms. The molecule has 2 N–H and O–H groups in total. The van der Waals surface area contributed by atoms with Crippen LogP contribution in [-0.2, 0) is 4.74 Å². The van der Waals surface area contributed by atoms with Crippen LogP contribution >= 0.6 is 0 Å². The van der Waals surface area contributed by atoms with Crippen LogP contribution in [0.4, 0.5) is 4.79 Å². The van der Waals surface area contributed by atoms with Gasteiger partial charge in [0.1, 0.15) is 0 Å². The monoisotopic (exact) mass is 182 g/mol. The van der Waals surface area contributed by atoms with Crippen molar-refractivity contribution in [3.8, 4) is 0 Å². The Morgan fingerprint density at radius 1 is 1.77 bits per heavy atom. The first kappa shape index (κ1) is 9.80. The molecule has 1 heterocycles. The Balaban J connectivity index is 2.47. The van der Waals surface area contributed by atoms with Crippen molar-refractivity contribution in [1.29, 1.82) is 0 Å². The van der Waals surface area contributed by atoms with Crippen molar-refractivity contribution in [2.45, 2.75) is 6.92 Å². The lowest BCUT2D eigenvalue weighted by molar-refractivity contribution is 0.125. The second-order valence-corrected chi connectivity index (χ2v) is 2.65. The summed E-state index contributed by atoms with van der Waals surface area (Å²) in [5.41, 5.74) is 6.47. The van der Waals surface area contributed by atoms with Gasteiger partial charge in [0.05, 0.1) is 6.61 Å². The molecule has 0 fully saturated rings. The smallest absolute Gasteiger partial charge is 0.414 e. The highest BCUT2D eigenvalue weighted by atomic mass is 16.6. The van der Waals surface area contributed by atoms with Crippen LogP contribution < -0.4 is 5.73 Å². The second-order valence-electron chi connectivity index (χ2n) is 2.65. The fourth-order valence-electron chi connectivity index (χ4n) is 1.02. The Morgan fingerprint density at radius 2 is 2.54 bits per heavy atom. The van der Waals surface area contributed by atoms with Crippen molar-refractivity contribution in [2.24, 2.45) is 5.73 Å². The Labute approximate surface area is 77.6 Å². The summed E-state index contributed by atoms with van der Waals surface area (Å²) in [6.07, 6.45) is 5.11. The van der Waals surface area contributed by atoms with Gasteiger partial charge in [-0.3, -0.25) is 4.90 Å². The maximum absolute atomic E-state index is 11.2. The molecule has 0 unspecified atom stereocenters. The number of carbonyl (C=O) groups excluding carboxylic acids is 1. The molecule has 1 rings (SSSR count). The minimum Gasteiger partial charge on any atom is -0.449 e. The molecule has 1 aliphatic heterocycles. The minimum absolute atomic E-state index is 0.314. The van der Waals surface area contributed by atoms with E-state index in [1.165, 1.54) is 4.90 Å². The van der Waals surface area contributed by atoms with E-state index in [4.69, 9.17) is 10.5 Å². The lowest BCUT2D eigenvalue weighted by atomic mass is 10.2. The summed E-state index contributed by atoms with van der Waals surface area (Å²) in [5, 5.41) is 0. The number of hydrogen-bond donors (Lipinski definition) is 1. The van der Waals surface area contributed by atoms with Crippen LogP contribution in [0.3, 0.4) is 0 Å². The molecule has 0 aromatic rings. The predicted octanol–water partition coefficient (Wildman–Crippen LogP) is 0.857. The van der Waals surface area contributed by atoms with E-state index in [0.717, 1.165) is 5.57 Å². The Bertz CT molecular complexity index is 246. The molecule has 0 aromatic heterocycles. The van der Waals surface area contributed by atoms with Gasteiger partial charge in [-0.25, -0.2) is 4.79 Å². The second kappa shape index (κ2) is 4.67. The van der Waals surface area contributed by atoms with Crippen molar-refractivity contribution in [2.75, 3.05) is 19.7 Å². The van der Waals surface area contributed by atoms with Crippen LogP contribution in [0.15, 0.2) is 23.9 Å². The number of ether oxygens (including phenoxy) is 1. The van der Waals surface area contributed by atoms with Crippen molar-refractivity contribution in [3.05, 3.63) is 23.9 Å². The van der Waals surface area contributed by atoms with Gasteiger partial charge < -0.3 is 10.5 Å². The van der Waals surface area contributed by atoms with Gasteiger partial charge in [-0.15, -0.1) is 0 Å². The van der Waals surface area contributed by atoms with Gasteiger partial charge in [0.15, 0.2) is 0 Å². The molecule has 1 amide bonds. The van der Waals surface area contributed by atoms with E-state index in [0.29, 0.717) is 19.7 Å². The lowest BCUT2D eigenvalue weighted by Gasteiger charge is -2.19. The number of hydrogen-bond acceptors (Lipinski definition) is 3. The number of rotatable bonds is 2. The summed E-state index contributed by atoms with van der Waals surface area (Å²) >= 11 is 0. The standard InChI is InChI=1S/C9H14N2O2/c1-2-13-9(12)11-5-3-8(7-10)4-6-11/h3-5H,2,6-7,10H2,1H3. The van der Waals surface area contributed by atoms with E-state index in [9.17, 15) is 4.79 Å². The first-order valence-electron chi connectivity index (χ1n) is 4.28. The topological polar surface area (TPSA) is 55.6 Å². The average molecular weight is 182 g/mol. The number of nitrogens with zero attached hydrogens (tertiary/aromatic N) is 1. The molecule has 0 bridgehead atoms. The first-order chi connectivity index (χ1) is 6.27. The largest absolute Gasteiger partial charge is 0.449 e. The van der Waals surface area contributed by atoms with E-state index in [2.05, 4.69) is 0 Å². The van der Waals surface area contributed by atoms with Gasteiger partial charge in [-0.2, -0.15) is 0 Å². The van der Waals surface area contributed by atoms with Gasteiger partial charge in [0.2, 0.25) is 0 Å². The Kier molecular flexibility index (Phi) is 3.52. The van der Waals surface area contributed by atoms with E-state index in [1.54, 1.807) is 13.1 Å². The van der Waals surface area contributed by atoms with Crippen molar-refractivity contribution in [1.82, 2.24) is 4.90 Å².